The average Bonchev–Trinajstić information content (AvgIpc) is 2.68. The van der Waals surface area contributed by atoms with Crippen molar-refractivity contribution in [3.05, 3.63) is 0 Å². The molecule has 0 rings (SSSR count). The van der Waals surface area contributed by atoms with Crippen LogP contribution >= 0.6 is 0 Å². The van der Waals surface area contributed by atoms with Gasteiger partial charge in [0.05, 0.1) is 6.61 Å². The SMILES string of the molecule is CCCCCCCCCCCCCCCCCCOC(=O)[C@@H](N)CCC(N)=O.[NaH]. The van der Waals surface area contributed by atoms with Crippen LogP contribution in [0.25, 0.3) is 0 Å². The van der Waals surface area contributed by atoms with Crippen molar-refractivity contribution in [1.82, 2.24) is 0 Å². The molecule has 0 spiro atoms. The molecule has 5 nitrogen and oxygen atoms in total. The molecular formula is C23H47N2NaO3. The van der Waals surface area contributed by atoms with Gasteiger partial charge in [0.25, 0.3) is 0 Å². The topological polar surface area (TPSA) is 95.4 Å². The Morgan fingerprint density at radius 3 is 1.48 bits per heavy atom. The molecular weight excluding hydrogens is 375 g/mol. The van der Waals surface area contributed by atoms with Crippen molar-refractivity contribution in [2.75, 3.05) is 6.61 Å². The summed E-state index contributed by atoms with van der Waals surface area (Å²) in [5, 5.41) is 0. The molecule has 0 fully saturated rings. The van der Waals surface area contributed by atoms with E-state index in [9.17, 15) is 9.59 Å². The van der Waals surface area contributed by atoms with Gasteiger partial charge >= 0.3 is 35.5 Å². The van der Waals surface area contributed by atoms with Crippen molar-refractivity contribution in [3.8, 4) is 0 Å². The number of carbonyl (C=O) groups is 2. The summed E-state index contributed by atoms with van der Waals surface area (Å²) in [4.78, 5) is 22.3. The molecule has 29 heavy (non-hydrogen) atoms. The number of rotatable bonds is 21. The summed E-state index contributed by atoms with van der Waals surface area (Å²) in [7, 11) is 0. The predicted octanol–water partition coefficient (Wildman–Crippen LogP) is 4.74. The van der Waals surface area contributed by atoms with Crippen molar-refractivity contribution in [2.24, 2.45) is 11.5 Å². The van der Waals surface area contributed by atoms with Crippen LogP contribution in [0.3, 0.4) is 0 Å². The molecule has 0 aliphatic heterocycles. The number of nitrogens with two attached hydrogens (primary N) is 2. The number of esters is 1. The van der Waals surface area contributed by atoms with E-state index in [-0.39, 0.29) is 42.4 Å². The van der Waals surface area contributed by atoms with Crippen molar-refractivity contribution in [2.45, 2.75) is 129 Å². The monoisotopic (exact) mass is 422 g/mol. The van der Waals surface area contributed by atoms with Gasteiger partial charge in [-0.2, -0.15) is 0 Å². The van der Waals surface area contributed by atoms with E-state index >= 15 is 0 Å². The average molecular weight is 423 g/mol. The number of amides is 1. The van der Waals surface area contributed by atoms with Gasteiger partial charge in [-0.25, -0.2) is 0 Å². The molecule has 1 amide bonds. The minimum absolute atomic E-state index is 0. The van der Waals surface area contributed by atoms with E-state index < -0.39 is 17.9 Å². The zero-order valence-electron chi connectivity index (χ0n) is 18.4. The summed E-state index contributed by atoms with van der Waals surface area (Å²) >= 11 is 0. The Labute approximate surface area is 201 Å². The molecule has 0 aromatic rings. The number of carbonyl (C=O) groups excluding carboxylic acids is 2. The molecule has 168 valence electrons. The summed E-state index contributed by atoms with van der Waals surface area (Å²) in [5.74, 6) is -0.872. The van der Waals surface area contributed by atoms with Crippen LogP contribution in [0, 0.1) is 0 Å². The first-order valence-electron chi connectivity index (χ1n) is 11.8. The van der Waals surface area contributed by atoms with Gasteiger partial charge in [0.2, 0.25) is 5.91 Å². The van der Waals surface area contributed by atoms with Crippen LogP contribution in [0.1, 0.15) is 122 Å². The fourth-order valence-electron chi connectivity index (χ4n) is 3.35. The second-order valence-corrected chi connectivity index (χ2v) is 8.08. The van der Waals surface area contributed by atoms with E-state index in [0.717, 1.165) is 12.8 Å². The number of ether oxygens (including phenoxy) is 1. The summed E-state index contributed by atoms with van der Waals surface area (Å²) < 4.78 is 5.14. The molecule has 6 heteroatoms. The molecule has 0 aliphatic rings. The van der Waals surface area contributed by atoms with Gasteiger partial charge in [0, 0.05) is 6.42 Å². The number of hydrogen-bond acceptors (Lipinski definition) is 4. The first kappa shape index (κ1) is 31.1. The second kappa shape index (κ2) is 24.2. The Morgan fingerprint density at radius 2 is 1.10 bits per heavy atom. The molecule has 4 N–H and O–H groups in total. The van der Waals surface area contributed by atoms with E-state index in [1.165, 1.54) is 89.9 Å². The molecule has 0 aromatic heterocycles. The number of primary amides is 1. The van der Waals surface area contributed by atoms with E-state index in [1.54, 1.807) is 0 Å². The Hall–Kier alpha value is -0.100. The first-order chi connectivity index (χ1) is 13.6. The maximum absolute atomic E-state index is 11.6. The Balaban J connectivity index is 0. The number of hydrogen-bond donors (Lipinski definition) is 2. The molecule has 0 aliphatic carbocycles. The van der Waals surface area contributed by atoms with Crippen LogP contribution in [-0.2, 0) is 14.3 Å². The van der Waals surface area contributed by atoms with Gasteiger partial charge in [0.1, 0.15) is 6.04 Å². The van der Waals surface area contributed by atoms with Crippen LogP contribution < -0.4 is 11.5 Å². The van der Waals surface area contributed by atoms with E-state index in [0.29, 0.717) is 6.61 Å². The molecule has 0 saturated heterocycles. The first-order valence-corrected chi connectivity index (χ1v) is 11.8. The zero-order chi connectivity index (χ0) is 20.9. The van der Waals surface area contributed by atoms with Crippen LogP contribution in [0.15, 0.2) is 0 Å². The third-order valence-corrected chi connectivity index (χ3v) is 5.25. The van der Waals surface area contributed by atoms with E-state index in [1.807, 2.05) is 0 Å². The van der Waals surface area contributed by atoms with Crippen molar-refractivity contribution in [1.29, 1.82) is 0 Å². The van der Waals surface area contributed by atoms with Crippen LogP contribution in [-0.4, -0.2) is 54.1 Å². The third-order valence-electron chi connectivity index (χ3n) is 5.25. The molecule has 0 heterocycles. The fraction of sp³-hybridized carbons (Fsp3) is 0.913. The Morgan fingerprint density at radius 1 is 0.724 bits per heavy atom. The van der Waals surface area contributed by atoms with Crippen molar-refractivity contribution < 1.29 is 14.3 Å². The van der Waals surface area contributed by atoms with Gasteiger partial charge in [0.15, 0.2) is 0 Å². The van der Waals surface area contributed by atoms with Crippen molar-refractivity contribution >= 4 is 41.4 Å². The third kappa shape index (κ3) is 24.0. The van der Waals surface area contributed by atoms with E-state index in [2.05, 4.69) is 6.92 Å². The Kier molecular flexibility index (Phi) is 25.9. The normalized spacial score (nSPS) is 11.7. The molecule has 0 aromatic carbocycles. The predicted molar refractivity (Wildman–Crippen MR) is 124 cm³/mol. The molecule has 0 unspecified atom stereocenters. The van der Waals surface area contributed by atoms with Crippen LogP contribution in [0.2, 0.25) is 0 Å². The summed E-state index contributed by atoms with van der Waals surface area (Å²) in [6, 6.07) is -0.742. The summed E-state index contributed by atoms with van der Waals surface area (Å²) in [6.07, 6.45) is 21.5. The van der Waals surface area contributed by atoms with Crippen LogP contribution in [0.4, 0.5) is 0 Å². The molecule has 1 atom stereocenters. The standard InChI is InChI=1S/C23H46N2O3.Na.H/c1-2-3-4-5-6-7-8-9-10-11-12-13-14-15-16-17-20-28-23(27)21(24)18-19-22(25)26;;/h21H,2-20,24H2,1H3,(H2,25,26);;/t21-;;/m0../s1. The van der Waals surface area contributed by atoms with Crippen LogP contribution in [0.5, 0.6) is 0 Å². The molecule has 0 saturated carbocycles. The minimum atomic E-state index is -0.742. The van der Waals surface area contributed by atoms with Gasteiger partial charge < -0.3 is 16.2 Å². The maximum atomic E-state index is 11.6. The molecule has 0 bridgehead atoms. The summed E-state index contributed by atoms with van der Waals surface area (Å²) in [6.45, 7) is 2.69. The number of unbranched alkanes of at least 4 members (excludes halogenated alkanes) is 15. The second-order valence-electron chi connectivity index (χ2n) is 8.08. The van der Waals surface area contributed by atoms with Crippen molar-refractivity contribution in [3.63, 3.8) is 0 Å². The fourth-order valence-corrected chi connectivity index (χ4v) is 3.35. The Bertz CT molecular complexity index is 381. The van der Waals surface area contributed by atoms with Gasteiger partial charge in [-0.1, -0.05) is 103 Å². The zero-order valence-corrected chi connectivity index (χ0v) is 18.4. The van der Waals surface area contributed by atoms with Gasteiger partial charge in [-0.05, 0) is 12.8 Å². The van der Waals surface area contributed by atoms with Gasteiger partial charge in [-0.15, -0.1) is 0 Å². The molecule has 0 radical (unpaired) electrons. The quantitative estimate of drug-likeness (QED) is 0.159. The van der Waals surface area contributed by atoms with E-state index in [4.69, 9.17) is 16.2 Å². The summed E-state index contributed by atoms with van der Waals surface area (Å²) in [5.41, 5.74) is 10.7. The van der Waals surface area contributed by atoms with Gasteiger partial charge in [-0.3, -0.25) is 9.59 Å².